The third kappa shape index (κ3) is 7.60. The summed E-state index contributed by atoms with van der Waals surface area (Å²) in [4.78, 5) is 0.722. The van der Waals surface area contributed by atoms with Gasteiger partial charge in [0.15, 0.2) is 0 Å². The van der Waals surface area contributed by atoms with Crippen LogP contribution < -0.4 is 10.5 Å². The van der Waals surface area contributed by atoms with Crippen LogP contribution in [0.4, 0.5) is 13.2 Å². The van der Waals surface area contributed by atoms with Gasteiger partial charge in [-0.05, 0) is 61.1 Å². The molecule has 1 unspecified atom stereocenters. The van der Waals surface area contributed by atoms with E-state index in [2.05, 4.69) is 0 Å². The number of nitrogens with two attached hydrogens (primary N) is 1. The second kappa shape index (κ2) is 11.1. The van der Waals surface area contributed by atoms with E-state index in [4.69, 9.17) is 10.5 Å². The van der Waals surface area contributed by atoms with Gasteiger partial charge >= 0.3 is 6.18 Å². The van der Waals surface area contributed by atoms with E-state index in [1.165, 1.54) is 12.1 Å². The maximum Gasteiger partial charge on any atom is 0.419 e. The lowest BCUT2D eigenvalue weighted by Gasteiger charge is -2.24. The molecule has 0 aromatic heterocycles. The van der Waals surface area contributed by atoms with Crippen molar-refractivity contribution >= 4 is 10.8 Å². The van der Waals surface area contributed by atoms with Crippen molar-refractivity contribution in [1.29, 1.82) is 0 Å². The van der Waals surface area contributed by atoms with E-state index in [0.717, 1.165) is 16.5 Å². The molecule has 9 heteroatoms. The number of aliphatic hydroxyl groups excluding tert-OH is 2. The summed E-state index contributed by atoms with van der Waals surface area (Å²) in [5.74, 6) is -0.240. The Balaban J connectivity index is 1.99. The number of halogens is 3. The molecule has 1 atom stereocenters. The Morgan fingerprint density at radius 3 is 2.16 bits per heavy atom. The van der Waals surface area contributed by atoms with Gasteiger partial charge in [-0.2, -0.15) is 13.2 Å². The van der Waals surface area contributed by atoms with Crippen LogP contribution in [-0.4, -0.2) is 46.0 Å². The van der Waals surface area contributed by atoms with Crippen LogP contribution in [-0.2, 0) is 29.8 Å². The first-order valence-corrected chi connectivity index (χ1v) is 11.4. The zero-order chi connectivity index (χ0) is 23.1. The van der Waals surface area contributed by atoms with Crippen LogP contribution >= 0.6 is 0 Å². The average Bonchev–Trinajstić information content (AvgIpc) is 2.75. The van der Waals surface area contributed by atoms with Crippen molar-refractivity contribution < 1.29 is 32.3 Å². The summed E-state index contributed by atoms with van der Waals surface area (Å²) in [7, 11) is -1.05. The van der Waals surface area contributed by atoms with Crippen molar-refractivity contribution in [3.63, 3.8) is 0 Å². The van der Waals surface area contributed by atoms with Gasteiger partial charge in [-0.25, -0.2) is 0 Å². The van der Waals surface area contributed by atoms with Crippen molar-refractivity contribution in [2.24, 2.45) is 5.73 Å². The van der Waals surface area contributed by atoms with Crippen molar-refractivity contribution in [1.82, 2.24) is 0 Å². The van der Waals surface area contributed by atoms with E-state index < -0.39 is 41.3 Å². The predicted octanol–water partition coefficient (Wildman–Crippen LogP) is 3.07. The molecule has 2 aromatic carbocycles. The van der Waals surface area contributed by atoms with E-state index in [0.29, 0.717) is 18.4 Å². The molecule has 5 nitrogen and oxygen atoms in total. The van der Waals surface area contributed by atoms with Crippen LogP contribution in [0.1, 0.15) is 29.5 Å². The monoisotopic (exact) mass is 459 g/mol. The molecular formula is C22H28F3NO4S. The van der Waals surface area contributed by atoms with Crippen molar-refractivity contribution in [2.45, 2.75) is 42.3 Å². The maximum absolute atomic E-state index is 13.5. The maximum atomic E-state index is 13.5. The smallest absolute Gasteiger partial charge is 0.419 e. The standard InChI is InChI=1S/C22H28F3NO4S/c1-31(29)18-7-4-16(5-8-18)3-2-12-30-20-9-6-17(13-19(20)22(23,24)25)10-11-21(26,14-27)15-28/h4-9,13,27-28H,2-3,10-12,14-15,26H2,1H3. The molecule has 0 saturated heterocycles. The molecule has 0 aliphatic carbocycles. The summed E-state index contributed by atoms with van der Waals surface area (Å²) in [5, 5.41) is 18.5. The van der Waals surface area contributed by atoms with Crippen LogP contribution in [0.5, 0.6) is 5.75 Å². The average molecular weight is 460 g/mol. The van der Waals surface area contributed by atoms with Crippen molar-refractivity contribution in [3.8, 4) is 5.75 Å². The highest BCUT2D eigenvalue weighted by molar-refractivity contribution is 7.84. The summed E-state index contributed by atoms with van der Waals surface area (Å²) < 4.78 is 57.3. The van der Waals surface area contributed by atoms with Crippen molar-refractivity contribution in [2.75, 3.05) is 26.1 Å². The van der Waals surface area contributed by atoms with Gasteiger partial charge in [-0.3, -0.25) is 4.21 Å². The SMILES string of the molecule is CS(=O)c1ccc(CCCOc2ccc(CCC(N)(CO)CO)cc2C(F)(F)F)cc1. The molecule has 172 valence electrons. The Kier molecular flexibility index (Phi) is 9.05. The summed E-state index contributed by atoms with van der Waals surface area (Å²) in [5.41, 5.74) is 5.07. The third-order valence-corrected chi connectivity index (χ3v) is 5.95. The zero-order valence-electron chi connectivity index (χ0n) is 17.3. The Bertz CT molecular complexity index is 868. The molecule has 0 fully saturated rings. The number of ether oxygens (including phenoxy) is 1. The Morgan fingerprint density at radius 1 is 1.00 bits per heavy atom. The number of alkyl halides is 3. The highest BCUT2D eigenvalue weighted by Gasteiger charge is 2.35. The summed E-state index contributed by atoms with van der Waals surface area (Å²) >= 11 is 0. The first-order valence-electron chi connectivity index (χ1n) is 9.84. The molecule has 0 radical (unpaired) electrons. The number of hydrogen-bond acceptors (Lipinski definition) is 5. The zero-order valence-corrected chi connectivity index (χ0v) is 18.1. The molecule has 2 rings (SSSR count). The summed E-state index contributed by atoms with van der Waals surface area (Å²) in [6, 6.07) is 11.1. The third-order valence-electron chi connectivity index (χ3n) is 5.01. The molecule has 4 N–H and O–H groups in total. The molecule has 0 amide bonds. The summed E-state index contributed by atoms with van der Waals surface area (Å²) in [6.45, 7) is -0.809. The molecule has 0 aliphatic heterocycles. The van der Waals surface area contributed by atoms with Gasteiger partial charge in [0.25, 0.3) is 0 Å². The first-order chi connectivity index (χ1) is 14.6. The quantitative estimate of drug-likeness (QED) is 0.449. The largest absolute Gasteiger partial charge is 0.493 e. The molecule has 31 heavy (non-hydrogen) atoms. The number of aryl methyl sites for hydroxylation is 2. The molecule has 0 aliphatic rings. The molecule has 0 saturated carbocycles. The minimum atomic E-state index is -4.58. The molecule has 2 aromatic rings. The molecule has 0 spiro atoms. The Morgan fingerprint density at radius 2 is 1.61 bits per heavy atom. The molecule has 0 heterocycles. The number of rotatable bonds is 11. The van der Waals surface area contributed by atoms with Gasteiger partial charge in [0.2, 0.25) is 0 Å². The van der Waals surface area contributed by atoms with Crippen LogP contribution in [0.25, 0.3) is 0 Å². The van der Waals surface area contributed by atoms with Gasteiger partial charge in [0.1, 0.15) is 5.75 Å². The molecular weight excluding hydrogens is 431 g/mol. The Hall–Kier alpha value is -1.94. The van der Waals surface area contributed by atoms with Crippen LogP contribution in [0.15, 0.2) is 47.4 Å². The topological polar surface area (TPSA) is 92.8 Å². The summed E-state index contributed by atoms with van der Waals surface area (Å²) in [6.07, 6.45) is -1.52. The Labute approximate surface area is 182 Å². The lowest BCUT2D eigenvalue weighted by atomic mass is 9.93. The van der Waals surface area contributed by atoms with Crippen molar-refractivity contribution in [3.05, 3.63) is 59.2 Å². The fraction of sp³-hybridized carbons (Fsp3) is 0.455. The van der Waals surface area contributed by atoms with E-state index in [1.807, 2.05) is 12.1 Å². The first kappa shape index (κ1) is 25.3. The van der Waals surface area contributed by atoms with E-state index in [-0.39, 0.29) is 25.2 Å². The second-order valence-corrected chi connectivity index (χ2v) is 8.94. The predicted molar refractivity (Wildman–Crippen MR) is 113 cm³/mol. The lowest BCUT2D eigenvalue weighted by molar-refractivity contribution is -0.139. The minimum absolute atomic E-state index is 0.116. The van der Waals surface area contributed by atoms with E-state index >= 15 is 0 Å². The minimum Gasteiger partial charge on any atom is -0.493 e. The fourth-order valence-electron chi connectivity index (χ4n) is 2.99. The van der Waals surface area contributed by atoms with Crippen LogP contribution in [0.3, 0.4) is 0 Å². The van der Waals surface area contributed by atoms with Gasteiger partial charge in [0.05, 0.1) is 30.9 Å². The number of hydrogen-bond donors (Lipinski definition) is 3. The number of aliphatic hydroxyl groups is 2. The second-order valence-electron chi connectivity index (χ2n) is 7.56. The van der Waals surface area contributed by atoms with Gasteiger partial charge in [0, 0.05) is 22.0 Å². The fourth-order valence-corrected chi connectivity index (χ4v) is 3.51. The van der Waals surface area contributed by atoms with Crippen LogP contribution in [0.2, 0.25) is 0 Å². The molecule has 0 bridgehead atoms. The normalized spacial score (nSPS) is 13.3. The van der Waals surface area contributed by atoms with Gasteiger partial charge < -0.3 is 20.7 Å². The van der Waals surface area contributed by atoms with E-state index in [1.54, 1.807) is 18.4 Å². The van der Waals surface area contributed by atoms with Crippen LogP contribution in [0, 0.1) is 0 Å². The van der Waals surface area contributed by atoms with Gasteiger partial charge in [-0.1, -0.05) is 18.2 Å². The highest BCUT2D eigenvalue weighted by Crippen LogP contribution is 2.37. The lowest BCUT2D eigenvalue weighted by Crippen LogP contribution is -2.47. The van der Waals surface area contributed by atoms with E-state index in [9.17, 15) is 27.6 Å². The highest BCUT2D eigenvalue weighted by atomic mass is 32.2. The number of benzene rings is 2. The van der Waals surface area contributed by atoms with Gasteiger partial charge in [-0.15, -0.1) is 0 Å².